The molecule has 1 aromatic heterocycles. The van der Waals surface area contributed by atoms with E-state index < -0.39 is 0 Å². The number of hydrogen-bond donors (Lipinski definition) is 1. The van der Waals surface area contributed by atoms with E-state index >= 15 is 0 Å². The zero-order valence-electron chi connectivity index (χ0n) is 10.2. The van der Waals surface area contributed by atoms with Crippen molar-refractivity contribution >= 4 is 0 Å². The summed E-state index contributed by atoms with van der Waals surface area (Å²) in [5.74, 6) is 1.68. The molecule has 2 N–H and O–H groups in total. The van der Waals surface area contributed by atoms with E-state index in [2.05, 4.69) is 24.8 Å². The van der Waals surface area contributed by atoms with Gasteiger partial charge >= 0.3 is 0 Å². The van der Waals surface area contributed by atoms with Gasteiger partial charge in [-0.1, -0.05) is 6.92 Å². The topological polar surface area (TPSA) is 42.4 Å². The van der Waals surface area contributed by atoms with Gasteiger partial charge in [0, 0.05) is 25.0 Å². The first-order valence-electron chi connectivity index (χ1n) is 6.19. The lowest BCUT2D eigenvalue weighted by atomic mass is 9.93. The Labute approximate surface area is 97.6 Å². The van der Waals surface area contributed by atoms with Gasteiger partial charge in [0.2, 0.25) is 0 Å². The van der Waals surface area contributed by atoms with Gasteiger partial charge in [-0.3, -0.25) is 4.90 Å². The Balaban J connectivity index is 1.88. The molecule has 3 nitrogen and oxygen atoms in total. The van der Waals surface area contributed by atoms with Crippen molar-refractivity contribution in [2.45, 2.75) is 38.8 Å². The van der Waals surface area contributed by atoms with Crippen molar-refractivity contribution in [2.24, 2.45) is 11.7 Å². The Morgan fingerprint density at radius 3 is 3.06 bits per heavy atom. The van der Waals surface area contributed by atoms with Crippen molar-refractivity contribution < 1.29 is 4.42 Å². The quantitative estimate of drug-likeness (QED) is 0.849. The van der Waals surface area contributed by atoms with Gasteiger partial charge in [-0.2, -0.15) is 0 Å². The van der Waals surface area contributed by atoms with Crippen LogP contribution in [0.2, 0.25) is 0 Å². The van der Waals surface area contributed by atoms with Crippen LogP contribution in [0.1, 0.15) is 26.0 Å². The fourth-order valence-corrected chi connectivity index (χ4v) is 2.45. The number of furan rings is 1. The van der Waals surface area contributed by atoms with E-state index in [4.69, 9.17) is 10.2 Å². The Hall–Kier alpha value is -0.800. The smallest absolute Gasteiger partial charge is 0.105 e. The van der Waals surface area contributed by atoms with Gasteiger partial charge in [-0.25, -0.2) is 0 Å². The molecular formula is C13H22N2O. The summed E-state index contributed by atoms with van der Waals surface area (Å²) in [5, 5.41) is 0. The molecule has 1 fully saturated rings. The van der Waals surface area contributed by atoms with Crippen LogP contribution < -0.4 is 5.73 Å². The van der Waals surface area contributed by atoms with Crippen molar-refractivity contribution in [3.8, 4) is 0 Å². The highest BCUT2D eigenvalue weighted by Gasteiger charge is 2.26. The molecule has 16 heavy (non-hydrogen) atoms. The molecule has 3 atom stereocenters. The van der Waals surface area contributed by atoms with Crippen LogP contribution in [0.5, 0.6) is 0 Å². The molecule has 1 aliphatic heterocycles. The third kappa shape index (κ3) is 2.66. The van der Waals surface area contributed by atoms with Crippen LogP contribution in [-0.4, -0.2) is 30.1 Å². The molecule has 1 saturated heterocycles. The predicted molar refractivity (Wildman–Crippen MR) is 65.2 cm³/mol. The monoisotopic (exact) mass is 222 g/mol. The largest absolute Gasteiger partial charge is 0.469 e. The van der Waals surface area contributed by atoms with E-state index in [1.165, 1.54) is 0 Å². The van der Waals surface area contributed by atoms with Crippen LogP contribution in [0.4, 0.5) is 0 Å². The second kappa shape index (κ2) is 5.02. The summed E-state index contributed by atoms with van der Waals surface area (Å²) in [6, 6.07) is 4.93. The summed E-state index contributed by atoms with van der Waals surface area (Å²) in [4.78, 5) is 2.52. The molecule has 90 valence electrons. The van der Waals surface area contributed by atoms with E-state index in [-0.39, 0.29) is 0 Å². The summed E-state index contributed by atoms with van der Waals surface area (Å²) in [5.41, 5.74) is 6.03. The summed E-state index contributed by atoms with van der Waals surface area (Å²) in [7, 11) is 0. The van der Waals surface area contributed by atoms with Crippen LogP contribution in [0, 0.1) is 5.92 Å². The maximum atomic E-state index is 6.03. The van der Waals surface area contributed by atoms with Crippen molar-refractivity contribution in [3.63, 3.8) is 0 Å². The van der Waals surface area contributed by atoms with Crippen molar-refractivity contribution in [1.29, 1.82) is 0 Å². The molecule has 0 saturated carbocycles. The molecule has 0 amide bonds. The average molecular weight is 222 g/mol. The van der Waals surface area contributed by atoms with E-state index in [1.807, 2.05) is 6.07 Å². The molecule has 0 bridgehead atoms. The molecule has 3 heteroatoms. The molecule has 2 heterocycles. The van der Waals surface area contributed by atoms with Gasteiger partial charge in [0.05, 0.1) is 6.26 Å². The first-order valence-corrected chi connectivity index (χ1v) is 6.19. The lowest BCUT2D eigenvalue weighted by Crippen LogP contribution is -2.49. The zero-order chi connectivity index (χ0) is 11.5. The highest BCUT2D eigenvalue weighted by molar-refractivity contribution is 5.00. The Bertz CT molecular complexity index is 310. The van der Waals surface area contributed by atoms with Gasteiger partial charge in [0.15, 0.2) is 0 Å². The lowest BCUT2D eigenvalue weighted by molar-refractivity contribution is 0.120. The molecular weight excluding hydrogens is 200 g/mol. The summed E-state index contributed by atoms with van der Waals surface area (Å²) in [6.45, 7) is 6.75. The molecule has 0 spiro atoms. The molecule has 1 aromatic rings. The second-order valence-electron chi connectivity index (χ2n) is 5.06. The van der Waals surface area contributed by atoms with Crippen LogP contribution in [0.25, 0.3) is 0 Å². The molecule has 0 aromatic carbocycles. The van der Waals surface area contributed by atoms with Crippen LogP contribution in [0.3, 0.4) is 0 Å². The van der Waals surface area contributed by atoms with Gasteiger partial charge in [0.1, 0.15) is 5.76 Å². The van der Waals surface area contributed by atoms with Crippen LogP contribution in [-0.2, 0) is 6.42 Å². The van der Waals surface area contributed by atoms with Gasteiger partial charge < -0.3 is 10.2 Å². The van der Waals surface area contributed by atoms with Crippen LogP contribution in [0.15, 0.2) is 22.8 Å². The summed E-state index contributed by atoms with van der Waals surface area (Å²) >= 11 is 0. The number of rotatable bonds is 3. The van der Waals surface area contributed by atoms with Gasteiger partial charge in [-0.15, -0.1) is 0 Å². The normalized spacial score (nSPS) is 29.2. The third-order valence-corrected chi connectivity index (χ3v) is 3.70. The minimum Gasteiger partial charge on any atom is -0.469 e. The number of nitrogens with zero attached hydrogens (tertiary/aromatic N) is 1. The van der Waals surface area contributed by atoms with E-state index in [0.717, 1.165) is 31.7 Å². The Kier molecular flexibility index (Phi) is 3.66. The van der Waals surface area contributed by atoms with Crippen molar-refractivity contribution in [1.82, 2.24) is 4.90 Å². The fraction of sp³-hybridized carbons (Fsp3) is 0.692. The highest BCUT2D eigenvalue weighted by Crippen LogP contribution is 2.19. The summed E-state index contributed by atoms with van der Waals surface area (Å²) < 4.78 is 5.39. The van der Waals surface area contributed by atoms with Crippen LogP contribution >= 0.6 is 0 Å². The first kappa shape index (κ1) is 11.7. The standard InChI is InChI=1S/C13H22N2O/c1-10-9-15(6-5-13(10)14)11(2)8-12-4-3-7-16-12/h3-4,7,10-11,13H,5-6,8-9,14H2,1-2H3. The van der Waals surface area contributed by atoms with Crippen molar-refractivity contribution in [2.75, 3.05) is 13.1 Å². The average Bonchev–Trinajstić information content (AvgIpc) is 2.74. The van der Waals surface area contributed by atoms with E-state index in [9.17, 15) is 0 Å². The zero-order valence-corrected chi connectivity index (χ0v) is 10.2. The van der Waals surface area contributed by atoms with Crippen molar-refractivity contribution in [3.05, 3.63) is 24.2 Å². The number of hydrogen-bond acceptors (Lipinski definition) is 3. The minimum atomic E-state index is 0.382. The predicted octanol–water partition coefficient (Wildman–Crippen LogP) is 1.88. The van der Waals surface area contributed by atoms with E-state index in [0.29, 0.717) is 18.0 Å². The molecule has 0 radical (unpaired) electrons. The molecule has 3 unspecified atom stereocenters. The SMILES string of the molecule is CC1CN(C(C)Cc2ccco2)CCC1N. The molecule has 1 aliphatic rings. The maximum absolute atomic E-state index is 6.03. The van der Waals surface area contributed by atoms with E-state index in [1.54, 1.807) is 6.26 Å². The molecule has 0 aliphatic carbocycles. The number of nitrogens with two attached hydrogens (primary N) is 1. The number of piperidine rings is 1. The fourth-order valence-electron chi connectivity index (χ4n) is 2.45. The lowest BCUT2D eigenvalue weighted by Gasteiger charge is -2.38. The number of likely N-dealkylation sites (tertiary alicyclic amines) is 1. The Morgan fingerprint density at radius 1 is 1.62 bits per heavy atom. The van der Waals surface area contributed by atoms with Gasteiger partial charge in [-0.05, 0) is 37.9 Å². The Morgan fingerprint density at radius 2 is 2.44 bits per heavy atom. The third-order valence-electron chi connectivity index (χ3n) is 3.70. The minimum absolute atomic E-state index is 0.382. The molecule has 2 rings (SSSR count). The first-order chi connectivity index (χ1) is 7.66. The maximum Gasteiger partial charge on any atom is 0.105 e. The summed E-state index contributed by atoms with van der Waals surface area (Å²) in [6.07, 6.45) is 3.86. The highest BCUT2D eigenvalue weighted by atomic mass is 16.3. The van der Waals surface area contributed by atoms with Gasteiger partial charge in [0.25, 0.3) is 0 Å². The second-order valence-corrected chi connectivity index (χ2v) is 5.06.